The molecule has 1 atom stereocenters. The van der Waals surface area contributed by atoms with Crippen molar-refractivity contribution in [3.05, 3.63) is 23.8 Å². The summed E-state index contributed by atoms with van der Waals surface area (Å²) in [7, 11) is 0. The lowest BCUT2D eigenvalue weighted by Crippen LogP contribution is -2.09. The molecule has 0 saturated carbocycles. The first-order valence-corrected chi connectivity index (χ1v) is 4.85. The van der Waals surface area contributed by atoms with Crippen molar-refractivity contribution in [1.82, 2.24) is 0 Å². The van der Waals surface area contributed by atoms with Crippen molar-refractivity contribution in [2.45, 2.75) is 19.4 Å². The van der Waals surface area contributed by atoms with Crippen LogP contribution in [-0.4, -0.2) is 17.8 Å². The van der Waals surface area contributed by atoms with Crippen LogP contribution in [0.25, 0.3) is 0 Å². The van der Waals surface area contributed by atoms with Crippen LogP contribution in [0.5, 0.6) is 0 Å². The molecule has 15 heavy (non-hydrogen) atoms. The molecule has 4 heteroatoms. The number of nitrogens with zero attached hydrogens (tertiary/aromatic N) is 1. The zero-order valence-corrected chi connectivity index (χ0v) is 8.70. The lowest BCUT2D eigenvalue weighted by Gasteiger charge is -2.08. The topological polar surface area (TPSA) is 82.1 Å². The van der Waals surface area contributed by atoms with Gasteiger partial charge < -0.3 is 16.2 Å². The van der Waals surface area contributed by atoms with Crippen LogP contribution in [0, 0.1) is 11.3 Å². The van der Waals surface area contributed by atoms with Crippen molar-refractivity contribution in [3.63, 3.8) is 0 Å². The van der Waals surface area contributed by atoms with Gasteiger partial charge in [-0.3, -0.25) is 0 Å². The van der Waals surface area contributed by atoms with Gasteiger partial charge in [-0.1, -0.05) is 0 Å². The van der Waals surface area contributed by atoms with Gasteiger partial charge in [0, 0.05) is 17.9 Å². The summed E-state index contributed by atoms with van der Waals surface area (Å²) in [6.07, 6.45) is 0.355. The molecule has 0 spiro atoms. The summed E-state index contributed by atoms with van der Waals surface area (Å²) in [6.45, 7) is 2.41. The van der Waals surface area contributed by atoms with Crippen molar-refractivity contribution in [1.29, 1.82) is 5.26 Å². The molecule has 1 rings (SSSR count). The summed E-state index contributed by atoms with van der Waals surface area (Å²) in [5, 5.41) is 20.9. The largest absolute Gasteiger partial charge is 0.398 e. The van der Waals surface area contributed by atoms with Gasteiger partial charge in [0.2, 0.25) is 0 Å². The standard InChI is InChI=1S/C11H15N3O/c1-8(15)4-5-14-10-2-3-11(13)9(6-10)7-12/h2-3,6,8,14-15H,4-5,13H2,1H3. The fourth-order valence-electron chi connectivity index (χ4n) is 1.19. The minimum absolute atomic E-state index is 0.318. The molecular formula is C11H15N3O. The van der Waals surface area contributed by atoms with Gasteiger partial charge >= 0.3 is 0 Å². The third-order valence-corrected chi connectivity index (χ3v) is 2.06. The number of aliphatic hydroxyl groups excluding tert-OH is 1. The molecule has 1 aromatic carbocycles. The van der Waals surface area contributed by atoms with E-state index < -0.39 is 0 Å². The average molecular weight is 205 g/mol. The first kappa shape index (κ1) is 11.3. The molecule has 4 N–H and O–H groups in total. The van der Waals surface area contributed by atoms with Gasteiger partial charge in [0.25, 0.3) is 0 Å². The number of anilines is 2. The van der Waals surface area contributed by atoms with E-state index in [1.807, 2.05) is 12.1 Å². The molecule has 0 aliphatic rings. The van der Waals surface area contributed by atoms with Crippen LogP contribution >= 0.6 is 0 Å². The van der Waals surface area contributed by atoms with E-state index in [2.05, 4.69) is 5.32 Å². The fraction of sp³-hybridized carbons (Fsp3) is 0.364. The SMILES string of the molecule is CC(O)CCNc1ccc(N)c(C#N)c1. The van der Waals surface area contributed by atoms with Gasteiger partial charge in [-0.25, -0.2) is 0 Å². The van der Waals surface area contributed by atoms with E-state index >= 15 is 0 Å². The van der Waals surface area contributed by atoms with Crippen molar-refractivity contribution in [3.8, 4) is 6.07 Å². The normalized spacial score (nSPS) is 11.8. The second kappa shape index (κ2) is 5.23. The lowest BCUT2D eigenvalue weighted by molar-refractivity contribution is 0.189. The average Bonchev–Trinajstić information content (AvgIpc) is 2.20. The van der Waals surface area contributed by atoms with Crippen LogP contribution in [0.15, 0.2) is 18.2 Å². The molecular weight excluding hydrogens is 190 g/mol. The third-order valence-electron chi connectivity index (χ3n) is 2.06. The Morgan fingerprint density at radius 3 is 2.93 bits per heavy atom. The van der Waals surface area contributed by atoms with Gasteiger partial charge in [0.15, 0.2) is 0 Å². The van der Waals surface area contributed by atoms with Crippen LogP contribution in [0.4, 0.5) is 11.4 Å². The van der Waals surface area contributed by atoms with E-state index in [1.54, 1.807) is 19.1 Å². The minimum Gasteiger partial charge on any atom is -0.398 e. The molecule has 0 aliphatic carbocycles. The number of benzene rings is 1. The molecule has 0 saturated heterocycles. The van der Waals surface area contributed by atoms with E-state index in [-0.39, 0.29) is 6.10 Å². The smallest absolute Gasteiger partial charge is 0.101 e. The third kappa shape index (κ3) is 3.49. The van der Waals surface area contributed by atoms with Crippen LogP contribution in [0.2, 0.25) is 0 Å². The second-order valence-electron chi connectivity index (χ2n) is 3.48. The van der Waals surface area contributed by atoms with E-state index in [4.69, 9.17) is 16.1 Å². The summed E-state index contributed by atoms with van der Waals surface area (Å²) in [5.74, 6) is 0. The number of rotatable bonds is 4. The van der Waals surface area contributed by atoms with E-state index in [1.165, 1.54) is 0 Å². The van der Waals surface area contributed by atoms with E-state index in [0.717, 1.165) is 5.69 Å². The Balaban J connectivity index is 2.60. The molecule has 0 amide bonds. The van der Waals surface area contributed by atoms with Gasteiger partial charge in [0.05, 0.1) is 11.7 Å². The number of hydrogen-bond acceptors (Lipinski definition) is 4. The van der Waals surface area contributed by atoms with Crippen LogP contribution in [-0.2, 0) is 0 Å². The second-order valence-corrected chi connectivity index (χ2v) is 3.48. The Labute approximate surface area is 89.3 Å². The summed E-state index contributed by atoms with van der Waals surface area (Å²) in [4.78, 5) is 0. The molecule has 1 unspecified atom stereocenters. The number of nitrogens with one attached hydrogen (secondary N) is 1. The first-order chi connectivity index (χ1) is 7.13. The van der Waals surface area contributed by atoms with Gasteiger partial charge in [0.1, 0.15) is 6.07 Å². The first-order valence-electron chi connectivity index (χ1n) is 4.85. The highest BCUT2D eigenvalue weighted by molar-refractivity contribution is 5.61. The van der Waals surface area contributed by atoms with E-state index in [0.29, 0.717) is 24.2 Å². The maximum absolute atomic E-state index is 9.06. The van der Waals surface area contributed by atoms with Crippen molar-refractivity contribution in [2.24, 2.45) is 0 Å². The summed E-state index contributed by atoms with van der Waals surface area (Å²) >= 11 is 0. The fourth-order valence-corrected chi connectivity index (χ4v) is 1.19. The van der Waals surface area contributed by atoms with Crippen molar-refractivity contribution in [2.75, 3.05) is 17.6 Å². The van der Waals surface area contributed by atoms with Crippen molar-refractivity contribution < 1.29 is 5.11 Å². The van der Waals surface area contributed by atoms with Gasteiger partial charge in [-0.05, 0) is 31.5 Å². The molecule has 80 valence electrons. The molecule has 0 aliphatic heterocycles. The molecule has 0 heterocycles. The Morgan fingerprint density at radius 2 is 2.33 bits per heavy atom. The summed E-state index contributed by atoms with van der Waals surface area (Å²) < 4.78 is 0. The number of nitriles is 1. The zero-order valence-electron chi connectivity index (χ0n) is 8.70. The lowest BCUT2D eigenvalue weighted by atomic mass is 10.1. The molecule has 0 fully saturated rings. The maximum atomic E-state index is 9.06. The van der Waals surface area contributed by atoms with Crippen molar-refractivity contribution >= 4 is 11.4 Å². The summed E-state index contributed by atoms with van der Waals surface area (Å²) in [6, 6.07) is 7.24. The highest BCUT2D eigenvalue weighted by Gasteiger charge is 2.00. The molecule has 0 radical (unpaired) electrons. The Kier molecular flexibility index (Phi) is 3.95. The predicted molar refractivity (Wildman–Crippen MR) is 60.4 cm³/mol. The van der Waals surface area contributed by atoms with Gasteiger partial charge in [-0.2, -0.15) is 5.26 Å². The van der Waals surface area contributed by atoms with Crippen LogP contribution in [0.3, 0.4) is 0 Å². The number of hydrogen-bond donors (Lipinski definition) is 3. The molecule has 1 aromatic rings. The Hall–Kier alpha value is -1.73. The van der Waals surface area contributed by atoms with Crippen LogP contribution in [0.1, 0.15) is 18.9 Å². The number of aliphatic hydroxyl groups is 1. The Bertz CT molecular complexity index is 369. The highest BCUT2D eigenvalue weighted by atomic mass is 16.3. The minimum atomic E-state index is -0.318. The Morgan fingerprint density at radius 1 is 1.60 bits per heavy atom. The van der Waals surface area contributed by atoms with Crippen LogP contribution < -0.4 is 11.1 Å². The van der Waals surface area contributed by atoms with Gasteiger partial charge in [-0.15, -0.1) is 0 Å². The number of nitrogen functional groups attached to an aromatic ring is 1. The quantitative estimate of drug-likeness (QED) is 0.647. The monoisotopic (exact) mass is 205 g/mol. The molecule has 0 bridgehead atoms. The molecule has 0 aromatic heterocycles. The summed E-state index contributed by atoms with van der Waals surface area (Å²) in [5.41, 5.74) is 7.39. The number of nitrogens with two attached hydrogens (primary N) is 1. The maximum Gasteiger partial charge on any atom is 0.101 e. The molecule has 4 nitrogen and oxygen atoms in total. The highest BCUT2D eigenvalue weighted by Crippen LogP contribution is 2.16. The zero-order chi connectivity index (χ0) is 11.3. The van der Waals surface area contributed by atoms with E-state index in [9.17, 15) is 0 Å². The predicted octanol–water partition coefficient (Wildman–Crippen LogP) is 1.32.